The zero-order chi connectivity index (χ0) is 13.3. The fourth-order valence-electron chi connectivity index (χ4n) is 2.10. The van der Waals surface area contributed by atoms with E-state index in [0.29, 0.717) is 18.6 Å². The fraction of sp³-hybridized carbons (Fsp3) is 0.357. The molecule has 0 saturated carbocycles. The van der Waals surface area contributed by atoms with Gasteiger partial charge < -0.3 is 4.74 Å². The average Bonchev–Trinajstić information content (AvgIpc) is 2.66. The van der Waals surface area contributed by atoms with Crippen molar-refractivity contribution < 1.29 is 13.5 Å². The van der Waals surface area contributed by atoms with Crippen LogP contribution in [0.4, 0.5) is 8.78 Å². The normalized spacial score (nSPS) is 17.6. The number of aliphatic imine (C=N–C) groups is 1. The maximum atomic E-state index is 13.7. The number of ether oxygens (including phenoxy) is 1. The minimum absolute atomic E-state index is 0.0145. The van der Waals surface area contributed by atoms with Gasteiger partial charge >= 0.3 is 0 Å². The summed E-state index contributed by atoms with van der Waals surface area (Å²) in [4.78, 5) is 4.34. The van der Waals surface area contributed by atoms with Gasteiger partial charge in [-0.05, 0) is 25.0 Å². The van der Waals surface area contributed by atoms with E-state index in [1.54, 1.807) is 0 Å². The van der Waals surface area contributed by atoms with Crippen LogP contribution in [0.2, 0.25) is 0 Å². The first-order valence-electron chi connectivity index (χ1n) is 5.95. The molecule has 0 aromatic heterocycles. The summed E-state index contributed by atoms with van der Waals surface area (Å²) in [7, 11) is 0. The van der Waals surface area contributed by atoms with Gasteiger partial charge in [-0.3, -0.25) is 0 Å². The Labute approximate surface area is 105 Å². The van der Waals surface area contributed by atoms with Crippen molar-refractivity contribution in [3.63, 3.8) is 0 Å². The minimum Gasteiger partial charge on any atom is -0.441 e. The van der Waals surface area contributed by atoms with E-state index >= 15 is 0 Å². The molecule has 0 N–H and O–H groups in total. The summed E-state index contributed by atoms with van der Waals surface area (Å²) < 4.78 is 32.7. The van der Waals surface area contributed by atoms with Crippen molar-refractivity contribution in [1.82, 2.24) is 0 Å². The molecule has 18 heavy (non-hydrogen) atoms. The van der Waals surface area contributed by atoms with E-state index in [0.717, 1.165) is 0 Å². The Morgan fingerprint density at radius 1 is 1.22 bits per heavy atom. The molecule has 1 aliphatic rings. The summed E-state index contributed by atoms with van der Waals surface area (Å²) in [6.45, 7) is 7.70. The highest BCUT2D eigenvalue weighted by Crippen LogP contribution is 2.36. The van der Waals surface area contributed by atoms with E-state index in [9.17, 15) is 8.78 Å². The van der Waals surface area contributed by atoms with Gasteiger partial charge in [0.15, 0.2) is 0 Å². The second-order valence-corrected chi connectivity index (χ2v) is 4.28. The molecule has 1 aliphatic heterocycles. The van der Waals surface area contributed by atoms with Gasteiger partial charge in [-0.1, -0.05) is 26.5 Å². The van der Waals surface area contributed by atoms with Crippen LogP contribution in [0.25, 0.3) is 0 Å². The first-order valence-corrected chi connectivity index (χ1v) is 5.95. The lowest BCUT2D eigenvalue weighted by Crippen LogP contribution is -2.23. The van der Waals surface area contributed by atoms with Crippen LogP contribution in [0, 0.1) is 11.6 Å². The molecule has 2 rings (SSSR count). The van der Waals surface area contributed by atoms with E-state index < -0.39 is 17.2 Å². The summed E-state index contributed by atoms with van der Waals surface area (Å²) in [6, 6.07) is 3.68. The maximum Gasteiger partial charge on any atom is 0.228 e. The fourth-order valence-corrected chi connectivity index (χ4v) is 2.10. The molecule has 1 heterocycles. The van der Waals surface area contributed by atoms with Crippen molar-refractivity contribution in [2.75, 3.05) is 0 Å². The number of benzene rings is 1. The summed E-state index contributed by atoms with van der Waals surface area (Å²) >= 11 is 0. The Balaban J connectivity index is 2.51. The molecule has 0 amide bonds. The van der Waals surface area contributed by atoms with Crippen molar-refractivity contribution in [2.24, 2.45) is 4.99 Å². The van der Waals surface area contributed by atoms with Gasteiger partial charge in [-0.2, -0.15) is 0 Å². The van der Waals surface area contributed by atoms with Crippen LogP contribution in [0.3, 0.4) is 0 Å². The minimum atomic E-state index is -0.676. The van der Waals surface area contributed by atoms with Crippen molar-refractivity contribution in [3.8, 4) is 0 Å². The Hall–Kier alpha value is -1.71. The van der Waals surface area contributed by atoms with E-state index in [1.807, 2.05) is 13.8 Å². The molecule has 0 fully saturated rings. The highest BCUT2D eigenvalue weighted by molar-refractivity contribution is 5.97. The molecule has 0 atom stereocenters. The Morgan fingerprint density at radius 2 is 1.78 bits per heavy atom. The summed E-state index contributed by atoms with van der Waals surface area (Å²) in [5, 5.41) is 0. The zero-order valence-electron chi connectivity index (χ0n) is 10.5. The maximum absolute atomic E-state index is 13.7. The molecule has 96 valence electrons. The lowest BCUT2D eigenvalue weighted by atomic mass is 9.92. The van der Waals surface area contributed by atoms with Gasteiger partial charge in [0.1, 0.15) is 28.5 Å². The van der Waals surface area contributed by atoms with Crippen LogP contribution in [0.5, 0.6) is 0 Å². The molecule has 0 saturated heterocycles. The summed E-state index contributed by atoms with van der Waals surface area (Å²) in [5.74, 6) is -0.918. The van der Waals surface area contributed by atoms with Gasteiger partial charge in [0.2, 0.25) is 5.90 Å². The standard InChI is InChI=1S/C14H15F2NO/c1-4-14(5-2)9(3)18-13(17-14)12-10(15)7-6-8-11(12)16/h6-8H,3-5H2,1-2H3. The van der Waals surface area contributed by atoms with E-state index in [4.69, 9.17) is 4.74 Å². The highest BCUT2D eigenvalue weighted by Gasteiger charge is 2.39. The molecule has 0 unspecified atom stereocenters. The molecule has 0 spiro atoms. The van der Waals surface area contributed by atoms with Crippen molar-refractivity contribution in [3.05, 3.63) is 47.7 Å². The highest BCUT2D eigenvalue weighted by atomic mass is 19.1. The molecule has 1 aromatic rings. The van der Waals surface area contributed by atoms with Gasteiger partial charge in [-0.25, -0.2) is 13.8 Å². The number of hydrogen-bond acceptors (Lipinski definition) is 2. The van der Waals surface area contributed by atoms with Crippen LogP contribution in [-0.2, 0) is 4.74 Å². The van der Waals surface area contributed by atoms with Gasteiger partial charge in [0, 0.05) is 0 Å². The monoisotopic (exact) mass is 251 g/mol. The average molecular weight is 251 g/mol. The molecule has 1 aromatic carbocycles. The lowest BCUT2D eigenvalue weighted by Gasteiger charge is -2.20. The van der Waals surface area contributed by atoms with Gasteiger partial charge in [0.25, 0.3) is 0 Å². The number of halogens is 2. The molecular formula is C14H15F2NO. The molecular weight excluding hydrogens is 236 g/mol. The quantitative estimate of drug-likeness (QED) is 0.800. The van der Waals surface area contributed by atoms with Gasteiger partial charge in [-0.15, -0.1) is 0 Å². The first-order chi connectivity index (χ1) is 8.54. The van der Waals surface area contributed by atoms with Crippen LogP contribution in [0.15, 0.2) is 35.5 Å². The lowest BCUT2D eigenvalue weighted by molar-refractivity contribution is 0.341. The predicted octanol–water partition coefficient (Wildman–Crippen LogP) is 3.81. The van der Waals surface area contributed by atoms with Gasteiger partial charge in [0.05, 0.1) is 0 Å². The van der Waals surface area contributed by atoms with E-state index in [1.165, 1.54) is 18.2 Å². The second kappa shape index (κ2) is 4.52. The zero-order valence-corrected chi connectivity index (χ0v) is 10.5. The third-order valence-electron chi connectivity index (χ3n) is 3.40. The van der Waals surface area contributed by atoms with E-state index in [2.05, 4.69) is 11.6 Å². The molecule has 4 heteroatoms. The molecule has 0 aliphatic carbocycles. The third-order valence-corrected chi connectivity index (χ3v) is 3.40. The van der Waals surface area contributed by atoms with Crippen LogP contribution < -0.4 is 0 Å². The summed E-state index contributed by atoms with van der Waals surface area (Å²) in [5.41, 5.74) is -0.785. The third kappa shape index (κ3) is 1.82. The number of rotatable bonds is 3. The van der Waals surface area contributed by atoms with Crippen LogP contribution in [0.1, 0.15) is 32.3 Å². The Bertz CT molecular complexity index is 498. The SMILES string of the molecule is C=C1OC(c2c(F)cccc2F)=NC1(CC)CC. The number of hydrogen-bond donors (Lipinski definition) is 0. The van der Waals surface area contributed by atoms with Crippen molar-refractivity contribution in [1.29, 1.82) is 0 Å². The van der Waals surface area contributed by atoms with Crippen LogP contribution in [-0.4, -0.2) is 11.4 Å². The van der Waals surface area contributed by atoms with E-state index in [-0.39, 0.29) is 11.5 Å². The summed E-state index contributed by atoms with van der Waals surface area (Å²) in [6.07, 6.45) is 1.36. The second-order valence-electron chi connectivity index (χ2n) is 4.28. The molecule has 0 radical (unpaired) electrons. The first kappa shape index (κ1) is 12.7. The van der Waals surface area contributed by atoms with Crippen molar-refractivity contribution >= 4 is 5.90 Å². The largest absolute Gasteiger partial charge is 0.441 e. The smallest absolute Gasteiger partial charge is 0.228 e. The Kier molecular flexibility index (Phi) is 3.20. The molecule has 0 bridgehead atoms. The van der Waals surface area contributed by atoms with Crippen LogP contribution >= 0.6 is 0 Å². The topological polar surface area (TPSA) is 21.6 Å². The number of nitrogens with zero attached hydrogens (tertiary/aromatic N) is 1. The molecule has 2 nitrogen and oxygen atoms in total. The van der Waals surface area contributed by atoms with Crippen molar-refractivity contribution in [2.45, 2.75) is 32.2 Å². The Morgan fingerprint density at radius 3 is 2.22 bits per heavy atom. The predicted molar refractivity (Wildman–Crippen MR) is 66.4 cm³/mol.